The molecule has 0 spiro atoms. The van der Waals surface area contributed by atoms with Crippen molar-refractivity contribution in [3.8, 4) is 11.5 Å². The van der Waals surface area contributed by atoms with Crippen molar-refractivity contribution in [3.63, 3.8) is 0 Å². The van der Waals surface area contributed by atoms with Crippen LogP contribution in [-0.2, 0) is 26.0 Å². The molecular formula is C38H43N3O5S. The van der Waals surface area contributed by atoms with Crippen LogP contribution in [0.25, 0.3) is 0 Å². The minimum atomic E-state index is -4.17. The Bertz CT molecular complexity index is 1710. The second-order valence-corrected chi connectivity index (χ2v) is 13.8. The highest BCUT2D eigenvalue weighted by atomic mass is 32.2. The van der Waals surface area contributed by atoms with Crippen LogP contribution in [0.4, 0.5) is 5.69 Å². The standard InChI is InChI=1S/C38H43N3O5S/c1-3-36(38(43)39-31-14-10-11-15-31)40(27-26-30-12-6-4-7-13-30)37(42)28-41(47(44,45)35-24-18-29(2)19-25-35)32-20-22-34(23-21-32)46-33-16-8-5-9-17-33/h4-9,12-13,16-25,31,36H,3,10-11,14-15,26-28H2,1-2H3,(H,39,43)/t36-/m0/s1. The Morgan fingerprint density at radius 1 is 0.830 bits per heavy atom. The summed E-state index contributed by atoms with van der Waals surface area (Å²) >= 11 is 0. The Hall–Kier alpha value is -4.63. The van der Waals surface area contributed by atoms with Crippen molar-refractivity contribution >= 4 is 27.5 Å². The minimum Gasteiger partial charge on any atom is -0.457 e. The largest absolute Gasteiger partial charge is 0.457 e. The van der Waals surface area contributed by atoms with E-state index >= 15 is 0 Å². The number of ether oxygens (including phenoxy) is 1. The number of nitrogens with zero attached hydrogens (tertiary/aromatic N) is 2. The van der Waals surface area contributed by atoms with Crippen molar-refractivity contribution in [2.45, 2.75) is 69.4 Å². The van der Waals surface area contributed by atoms with Gasteiger partial charge in [0.25, 0.3) is 10.0 Å². The lowest BCUT2D eigenvalue weighted by Crippen LogP contribution is -2.54. The molecule has 0 radical (unpaired) electrons. The lowest BCUT2D eigenvalue weighted by Gasteiger charge is -2.33. The zero-order chi connectivity index (χ0) is 33.2. The summed E-state index contributed by atoms with van der Waals surface area (Å²) in [6.45, 7) is 3.56. The molecule has 4 aromatic rings. The van der Waals surface area contributed by atoms with Crippen LogP contribution in [0.5, 0.6) is 11.5 Å². The molecule has 1 saturated carbocycles. The number of sulfonamides is 1. The zero-order valence-corrected chi connectivity index (χ0v) is 27.9. The number of para-hydroxylation sites is 1. The zero-order valence-electron chi connectivity index (χ0n) is 27.0. The van der Waals surface area contributed by atoms with E-state index in [0.29, 0.717) is 30.0 Å². The number of hydrogen-bond acceptors (Lipinski definition) is 5. The highest BCUT2D eigenvalue weighted by Crippen LogP contribution is 2.29. The molecule has 1 N–H and O–H groups in total. The van der Waals surface area contributed by atoms with Crippen molar-refractivity contribution in [2.75, 3.05) is 17.4 Å². The van der Waals surface area contributed by atoms with Crippen LogP contribution in [0.3, 0.4) is 0 Å². The topological polar surface area (TPSA) is 96.0 Å². The maximum Gasteiger partial charge on any atom is 0.264 e. The smallest absolute Gasteiger partial charge is 0.264 e. The van der Waals surface area contributed by atoms with Crippen LogP contribution >= 0.6 is 0 Å². The molecule has 1 atom stereocenters. The molecule has 8 nitrogen and oxygen atoms in total. The number of aryl methyl sites for hydroxylation is 1. The third kappa shape index (κ3) is 8.80. The van der Waals surface area contributed by atoms with Gasteiger partial charge in [0.1, 0.15) is 24.1 Å². The van der Waals surface area contributed by atoms with Crippen LogP contribution < -0.4 is 14.4 Å². The highest BCUT2D eigenvalue weighted by molar-refractivity contribution is 7.92. The molecule has 1 aliphatic carbocycles. The van der Waals surface area contributed by atoms with Crippen molar-refractivity contribution < 1.29 is 22.7 Å². The van der Waals surface area contributed by atoms with Gasteiger partial charge in [0.2, 0.25) is 11.8 Å². The second kappa shape index (κ2) is 15.8. The quantitative estimate of drug-likeness (QED) is 0.160. The van der Waals surface area contributed by atoms with Gasteiger partial charge in [-0.2, -0.15) is 0 Å². The first-order valence-corrected chi connectivity index (χ1v) is 17.7. The summed E-state index contributed by atoms with van der Waals surface area (Å²) in [6.07, 6.45) is 4.91. The van der Waals surface area contributed by atoms with E-state index in [-0.39, 0.29) is 23.4 Å². The molecule has 9 heteroatoms. The van der Waals surface area contributed by atoms with Crippen molar-refractivity contribution in [1.29, 1.82) is 0 Å². The number of carbonyl (C=O) groups excluding carboxylic acids is 2. The van der Waals surface area contributed by atoms with Gasteiger partial charge in [0.15, 0.2) is 0 Å². The third-order valence-corrected chi connectivity index (χ3v) is 10.4. The molecule has 0 bridgehead atoms. The number of nitrogens with one attached hydrogen (secondary N) is 1. The van der Waals surface area contributed by atoms with Gasteiger partial charge in [0.05, 0.1) is 10.6 Å². The molecule has 1 aliphatic rings. The first-order valence-electron chi connectivity index (χ1n) is 16.3. The van der Waals surface area contributed by atoms with E-state index in [2.05, 4.69) is 5.32 Å². The fourth-order valence-electron chi connectivity index (χ4n) is 5.93. The second-order valence-electron chi connectivity index (χ2n) is 12.0. The SMILES string of the molecule is CC[C@@H](C(=O)NC1CCCC1)N(CCc1ccccc1)C(=O)CN(c1ccc(Oc2ccccc2)cc1)S(=O)(=O)c1ccc(C)cc1. The monoisotopic (exact) mass is 653 g/mol. The van der Waals surface area contributed by atoms with Crippen molar-refractivity contribution in [1.82, 2.24) is 10.2 Å². The number of anilines is 1. The van der Waals surface area contributed by atoms with E-state index in [0.717, 1.165) is 41.1 Å². The molecule has 2 amide bonds. The van der Waals surface area contributed by atoms with Crippen LogP contribution in [0.15, 0.2) is 114 Å². The number of carbonyl (C=O) groups is 2. The number of rotatable bonds is 14. The van der Waals surface area contributed by atoms with Crippen LogP contribution in [0, 0.1) is 6.92 Å². The first kappa shape index (κ1) is 33.7. The third-order valence-electron chi connectivity index (χ3n) is 8.56. The summed E-state index contributed by atoms with van der Waals surface area (Å²) in [5.41, 5.74) is 2.25. The Morgan fingerprint density at radius 2 is 1.43 bits per heavy atom. The Labute approximate surface area is 278 Å². The normalized spacial score (nSPS) is 13.9. The van der Waals surface area contributed by atoms with Gasteiger partial charge in [-0.25, -0.2) is 8.42 Å². The molecule has 0 aliphatic heterocycles. The maximum atomic E-state index is 14.3. The Morgan fingerprint density at radius 3 is 2.04 bits per heavy atom. The van der Waals surface area contributed by atoms with Gasteiger partial charge < -0.3 is 15.0 Å². The molecular weight excluding hydrogens is 611 g/mol. The lowest BCUT2D eigenvalue weighted by atomic mass is 10.1. The van der Waals surface area contributed by atoms with Crippen molar-refractivity contribution in [3.05, 3.63) is 120 Å². The number of benzene rings is 4. The van der Waals surface area contributed by atoms with E-state index in [4.69, 9.17) is 4.74 Å². The lowest BCUT2D eigenvalue weighted by molar-refractivity contribution is -0.139. The summed E-state index contributed by atoms with van der Waals surface area (Å²) in [4.78, 5) is 29.6. The van der Waals surface area contributed by atoms with Gasteiger partial charge in [0, 0.05) is 12.6 Å². The van der Waals surface area contributed by atoms with E-state index in [1.54, 1.807) is 53.4 Å². The molecule has 4 aromatic carbocycles. The van der Waals surface area contributed by atoms with Crippen LogP contribution in [-0.4, -0.2) is 50.3 Å². The molecule has 0 heterocycles. The van der Waals surface area contributed by atoms with E-state index < -0.39 is 28.5 Å². The summed E-state index contributed by atoms with van der Waals surface area (Å²) in [7, 11) is -4.17. The Kier molecular flexibility index (Phi) is 11.3. The predicted octanol–water partition coefficient (Wildman–Crippen LogP) is 6.89. The molecule has 0 saturated heterocycles. The molecule has 5 rings (SSSR count). The molecule has 246 valence electrons. The van der Waals surface area contributed by atoms with E-state index in [1.165, 1.54) is 0 Å². The van der Waals surface area contributed by atoms with Crippen LogP contribution in [0.1, 0.15) is 50.2 Å². The minimum absolute atomic E-state index is 0.0716. The summed E-state index contributed by atoms with van der Waals surface area (Å²) in [6, 6.07) is 31.6. The number of hydrogen-bond donors (Lipinski definition) is 1. The van der Waals surface area contributed by atoms with E-state index in [9.17, 15) is 18.0 Å². The van der Waals surface area contributed by atoms with Crippen LogP contribution in [0.2, 0.25) is 0 Å². The average molecular weight is 654 g/mol. The van der Waals surface area contributed by atoms with Gasteiger partial charge in [-0.1, -0.05) is 86.0 Å². The van der Waals surface area contributed by atoms with Gasteiger partial charge in [-0.3, -0.25) is 13.9 Å². The van der Waals surface area contributed by atoms with E-state index in [1.807, 2.05) is 74.5 Å². The van der Waals surface area contributed by atoms with Crippen molar-refractivity contribution in [2.24, 2.45) is 0 Å². The highest BCUT2D eigenvalue weighted by Gasteiger charge is 2.34. The first-order chi connectivity index (χ1) is 22.7. The predicted molar refractivity (Wildman–Crippen MR) is 185 cm³/mol. The molecule has 1 fully saturated rings. The molecule has 47 heavy (non-hydrogen) atoms. The van der Waals surface area contributed by atoms with Gasteiger partial charge >= 0.3 is 0 Å². The number of amides is 2. The van der Waals surface area contributed by atoms with Gasteiger partial charge in [-0.05, 0) is 86.7 Å². The average Bonchev–Trinajstić information content (AvgIpc) is 3.60. The maximum absolute atomic E-state index is 14.3. The fraction of sp³-hybridized carbons (Fsp3) is 0.316. The molecule has 0 aromatic heterocycles. The van der Waals surface area contributed by atoms with Gasteiger partial charge in [-0.15, -0.1) is 0 Å². The molecule has 0 unspecified atom stereocenters. The summed E-state index contributed by atoms with van der Waals surface area (Å²) in [5.74, 6) is 0.527. The summed E-state index contributed by atoms with van der Waals surface area (Å²) in [5, 5.41) is 3.16. The Balaban J connectivity index is 1.46. The summed E-state index contributed by atoms with van der Waals surface area (Å²) < 4.78 is 35.5. The fourth-order valence-corrected chi connectivity index (χ4v) is 7.35.